The molecule has 1 fully saturated rings. The van der Waals surface area contributed by atoms with Crippen LogP contribution in [0.15, 0.2) is 24.3 Å². The zero-order chi connectivity index (χ0) is 16.7. The molecule has 2 atom stereocenters. The molecule has 1 aromatic carbocycles. The van der Waals surface area contributed by atoms with Gasteiger partial charge in [0.15, 0.2) is 0 Å². The van der Waals surface area contributed by atoms with Gasteiger partial charge in [-0.3, -0.25) is 4.90 Å². The summed E-state index contributed by atoms with van der Waals surface area (Å²) in [7, 11) is 0. The highest BCUT2D eigenvalue weighted by molar-refractivity contribution is 5.66. The second kappa shape index (κ2) is 5.41. The zero-order valence-electron chi connectivity index (χ0n) is 13.0. The minimum absolute atomic E-state index is 0.0931. The second-order valence-corrected chi connectivity index (χ2v) is 6.93. The van der Waals surface area contributed by atoms with Crippen molar-refractivity contribution >= 4 is 11.8 Å². The van der Waals surface area contributed by atoms with Gasteiger partial charge in [-0.2, -0.15) is 0 Å². The fourth-order valence-electron chi connectivity index (χ4n) is 3.36. The van der Waals surface area contributed by atoms with Gasteiger partial charge >= 0.3 is 6.09 Å². The van der Waals surface area contributed by atoms with Crippen molar-refractivity contribution in [2.45, 2.75) is 45.1 Å². The maximum absolute atomic E-state index is 15.1. The van der Waals surface area contributed by atoms with Gasteiger partial charge in [-0.15, -0.1) is 0 Å². The van der Waals surface area contributed by atoms with Crippen molar-refractivity contribution in [3.63, 3.8) is 0 Å². The average molecular weight is 312 g/mol. The van der Waals surface area contributed by atoms with E-state index in [0.717, 1.165) is 4.90 Å². The molecule has 1 aliphatic rings. The van der Waals surface area contributed by atoms with Gasteiger partial charge in [0.1, 0.15) is 6.04 Å². The van der Waals surface area contributed by atoms with Crippen molar-refractivity contribution < 1.29 is 18.7 Å². The van der Waals surface area contributed by atoms with Crippen molar-refractivity contribution in [1.82, 2.24) is 4.90 Å². The van der Waals surface area contributed by atoms with Crippen LogP contribution in [0, 0.1) is 5.41 Å². The molecule has 1 heterocycles. The van der Waals surface area contributed by atoms with E-state index in [-0.39, 0.29) is 13.0 Å². The number of benzene rings is 1. The van der Waals surface area contributed by atoms with Crippen molar-refractivity contribution in [1.29, 1.82) is 0 Å². The molecule has 1 amide bonds. The molecule has 0 bridgehead atoms. The number of carbonyl (C=O) groups is 1. The van der Waals surface area contributed by atoms with Crippen molar-refractivity contribution in [3.8, 4) is 0 Å². The van der Waals surface area contributed by atoms with Gasteiger partial charge in [0.25, 0.3) is 5.92 Å². The van der Waals surface area contributed by atoms with E-state index in [1.54, 1.807) is 45.0 Å². The van der Waals surface area contributed by atoms with Gasteiger partial charge in [-0.05, 0) is 29.5 Å². The number of alkyl halides is 2. The number of anilines is 1. The molecule has 0 spiro atoms. The van der Waals surface area contributed by atoms with E-state index in [1.807, 2.05) is 0 Å². The molecule has 0 saturated carbocycles. The van der Waals surface area contributed by atoms with E-state index >= 15 is 8.78 Å². The molecule has 2 rings (SSSR count). The van der Waals surface area contributed by atoms with E-state index in [9.17, 15) is 9.90 Å². The fraction of sp³-hybridized carbons (Fsp3) is 0.562. The molecule has 6 heteroatoms. The van der Waals surface area contributed by atoms with Gasteiger partial charge < -0.3 is 10.8 Å². The maximum Gasteiger partial charge on any atom is 0.407 e. The van der Waals surface area contributed by atoms with E-state index in [4.69, 9.17) is 5.73 Å². The fourth-order valence-corrected chi connectivity index (χ4v) is 3.36. The standard InChI is InChI=1S/C16H22F2N2O2/c1-15(2,3)13-16(17,18)12(8-9-20(13)14(21)22)10-4-6-11(19)7-5-10/h4-7,12-13H,8-9,19H2,1-3H3,(H,21,22). The SMILES string of the molecule is CC(C)(C)C1N(C(=O)O)CCC(c2ccc(N)cc2)C1(F)F. The van der Waals surface area contributed by atoms with Gasteiger partial charge in [0, 0.05) is 12.2 Å². The molecule has 4 nitrogen and oxygen atoms in total. The van der Waals surface area contributed by atoms with Crippen LogP contribution in [0.4, 0.5) is 19.3 Å². The summed E-state index contributed by atoms with van der Waals surface area (Å²) in [5.74, 6) is -4.15. The summed E-state index contributed by atoms with van der Waals surface area (Å²) in [6, 6.07) is 5.03. The van der Waals surface area contributed by atoms with Crippen molar-refractivity contribution in [2.75, 3.05) is 12.3 Å². The van der Waals surface area contributed by atoms with Gasteiger partial charge in [0.05, 0.1) is 5.92 Å². The Hall–Kier alpha value is -1.85. The molecular weight excluding hydrogens is 290 g/mol. The monoisotopic (exact) mass is 312 g/mol. The Kier molecular flexibility index (Phi) is 4.06. The summed E-state index contributed by atoms with van der Waals surface area (Å²) in [4.78, 5) is 12.2. The van der Waals surface area contributed by atoms with Gasteiger partial charge in [0.2, 0.25) is 0 Å². The summed E-state index contributed by atoms with van der Waals surface area (Å²) in [6.07, 6.45) is -1.20. The van der Waals surface area contributed by atoms with Crippen LogP contribution in [0.2, 0.25) is 0 Å². The number of hydrogen-bond donors (Lipinski definition) is 2. The predicted molar refractivity (Wildman–Crippen MR) is 81.1 cm³/mol. The lowest BCUT2D eigenvalue weighted by Crippen LogP contribution is -2.62. The predicted octanol–water partition coefficient (Wildman–Crippen LogP) is 3.79. The third-order valence-corrected chi connectivity index (χ3v) is 4.20. The zero-order valence-corrected chi connectivity index (χ0v) is 13.0. The molecule has 1 aromatic rings. The number of nitrogens with two attached hydrogens (primary N) is 1. The van der Waals surface area contributed by atoms with Crippen LogP contribution in [0.25, 0.3) is 0 Å². The first kappa shape index (κ1) is 16.5. The smallest absolute Gasteiger partial charge is 0.407 e. The topological polar surface area (TPSA) is 66.6 Å². The highest BCUT2D eigenvalue weighted by atomic mass is 19.3. The number of carboxylic acid groups (broad SMARTS) is 1. The Balaban J connectivity index is 2.44. The number of piperidine rings is 1. The lowest BCUT2D eigenvalue weighted by molar-refractivity contribution is -0.152. The second-order valence-electron chi connectivity index (χ2n) is 6.93. The van der Waals surface area contributed by atoms with Crippen LogP contribution >= 0.6 is 0 Å². The molecule has 0 aliphatic carbocycles. The molecule has 1 aliphatic heterocycles. The quantitative estimate of drug-likeness (QED) is 0.775. The first-order valence-electron chi connectivity index (χ1n) is 7.28. The minimum atomic E-state index is -3.15. The lowest BCUT2D eigenvalue weighted by atomic mass is 9.72. The third-order valence-electron chi connectivity index (χ3n) is 4.20. The largest absolute Gasteiger partial charge is 0.465 e. The molecule has 1 saturated heterocycles. The Morgan fingerprint density at radius 2 is 1.86 bits per heavy atom. The summed E-state index contributed by atoms with van der Waals surface area (Å²) in [6.45, 7) is 5.04. The lowest BCUT2D eigenvalue weighted by Gasteiger charge is -2.49. The summed E-state index contributed by atoms with van der Waals surface area (Å²) < 4.78 is 30.2. The molecule has 2 unspecified atom stereocenters. The Bertz CT molecular complexity index is 552. The Labute approximate surface area is 128 Å². The molecular formula is C16H22F2N2O2. The molecule has 3 N–H and O–H groups in total. The molecule has 22 heavy (non-hydrogen) atoms. The van der Waals surface area contributed by atoms with E-state index < -0.39 is 29.4 Å². The van der Waals surface area contributed by atoms with Crippen LogP contribution in [0.1, 0.15) is 38.7 Å². The first-order valence-corrected chi connectivity index (χ1v) is 7.28. The number of halogens is 2. The molecule has 0 aromatic heterocycles. The van der Waals surface area contributed by atoms with Crippen LogP contribution in [-0.2, 0) is 0 Å². The molecule has 0 radical (unpaired) electrons. The number of amides is 1. The van der Waals surface area contributed by atoms with Crippen molar-refractivity contribution in [3.05, 3.63) is 29.8 Å². The summed E-state index contributed by atoms with van der Waals surface area (Å²) >= 11 is 0. The summed E-state index contributed by atoms with van der Waals surface area (Å²) in [5, 5.41) is 9.27. The van der Waals surface area contributed by atoms with Crippen LogP contribution in [0.3, 0.4) is 0 Å². The number of hydrogen-bond acceptors (Lipinski definition) is 2. The van der Waals surface area contributed by atoms with Gasteiger partial charge in [-0.25, -0.2) is 13.6 Å². The number of likely N-dealkylation sites (tertiary alicyclic amines) is 1. The highest BCUT2D eigenvalue weighted by Gasteiger charge is 2.58. The van der Waals surface area contributed by atoms with Crippen LogP contribution in [0.5, 0.6) is 0 Å². The molecule has 122 valence electrons. The van der Waals surface area contributed by atoms with E-state index in [1.165, 1.54) is 0 Å². The van der Waals surface area contributed by atoms with Crippen LogP contribution < -0.4 is 5.73 Å². The number of nitrogen functional groups attached to an aromatic ring is 1. The normalized spacial score (nSPS) is 25.0. The highest BCUT2D eigenvalue weighted by Crippen LogP contribution is 2.49. The van der Waals surface area contributed by atoms with E-state index in [0.29, 0.717) is 11.3 Å². The maximum atomic E-state index is 15.1. The minimum Gasteiger partial charge on any atom is -0.465 e. The van der Waals surface area contributed by atoms with Crippen LogP contribution in [-0.4, -0.2) is 34.6 Å². The van der Waals surface area contributed by atoms with Gasteiger partial charge in [-0.1, -0.05) is 32.9 Å². The van der Waals surface area contributed by atoms with E-state index in [2.05, 4.69) is 0 Å². The Morgan fingerprint density at radius 1 is 1.32 bits per heavy atom. The number of rotatable bonds is 1. The average Bonchev–Trinajstić information content (AvgIpc) is 2.37. The van der Waals surface area contributed by atoms with Crippen molar-refractivity contribution in [2.24, 2.45) is 5.41 Å². The number of nitrogens with zero attached hydrogens (tertiary/aromatic N) is 1. The Morgan fingerprint density at radius 3 is 2.32 bits per heavy atom. The third kappa shape index (κ3) is 2.87. The first-order chi connectivity index (χ1) is 10.0. The summed E-state index contributed by atoms with van der Waals surface area (Å²) in [5.41, 5.74) is 5.76.